The lowest BCUT2D eigenvalue weighted by atomic mass is 9.36. The number of hydrogen-bond acceptors (Lipinski definition) is 14. The Labute approximate surface area is 270 Å². The maximum Gasteiger partial charge on any atom is 0.335 e. The zero-order valence-corrected chi connectivity index (χ0v) is 26.8. The van der Waals surface area contributed by atoms with Gasteiger partial charge in [-0.2, -0.15) is 0 Å². The van der Waals surface area contributed by atoms with Crippen LogP contribution in [0.4, 0.5) is 0 Å². The molecule has 0 aromatic carbocycles. The average Bonchev–Trinajstić information content (AvgIpc) is 3.57. The molecule has 6 rings (SSSR count). The molecule has 262 valence electrons. The smallest absolute Gasteiger partial charge is 0.335 e. The summed E-state index contributed by atoms with van der Waals surface area (Å²) in [5.41, 5.74) is -7.86. The van der Waals surface area contributed by atoms with Gasteiger partial charge in [0.1, 0.15) is 53.6 Å². The van der Waals surface area contributed by atoms with Crippen LogP contribution in [0.2, 0.25) is 0 Å². The Kier molecular flexibility index (Phi) is 8.06. The minimum absolute atomic E-state index is 0.102. The highest BCUT2D eigenvalue weighted by molar-refractivity contribution is 5.91. The molecule has 1 aromatic rings. The van der Waals surface area contributed by atoms with Crippen molar-refractivity contribution in [1.29, 1.82) is 0 Å². The third-order valence-corrected chi connectivity index (χ3v) is 12.3. The van der Waals surface area contributed by atoms with E-state index >= 15 is 0 Å². The molecule has 0 radical (unpaired) electrons. The molecule has 2 aliphatic carbocycles. The van der Waals surface area contributed by atoms with Gasteiger partial charge in [-0.05, 0) is 44.7 Å². The molecule has 0 bridgehead atoms. The van der Waals surface area contributed by atoms with E-state index < -0.39 is 125 Å². The number of epoxide rings is 1. The molecule has 1 aromatic heterocycles. The maximum absolute atomic E-state index is 14.4. The number of aliphatic hydroxyl groups excluding tert-OH is 6. The first-order valence-electron chi connectivity index (χ1n) is 15.9. The van der Waals surface area contributed by atoms with Crippen molar-refractivity contribution in [3.8, 4) is 0 Å². The molecule has 5 aliphatic rings. The largest absolute Gasteiger partial charge is 0.479 e. The second kappa shape index (κ2) is 11.0. The number of cyclic esters (lactones) is 1. The molecule has 15 heteroatoms. The molecule has 0 amide bonds. The van der Waals surface area contributed by atoms with Gasteiger partial charge in [0.2, 0.25) is 0 Å². The summed E-state index contributed by atoms with van der Waals surface area (Å²) in [6.07, 6.45) is -13.1. The van der Waals surface area contributed by atoms with E-state index in [-0.39, 0.29) is 18.6 Å². The monoisotopic (exact) mass is 668 g/mol. The molecule has 0 unspecified atom stereocenters. The second-order valence-electron chi connectivity index (χ2n) is 15.0. The van der Waals surface area contributed by atoms with Gasteiger partial charge in [0.05, 0.1) is 31.3 Å². The Balaban J connectivity index is 1.51. The predicted molar refractivity (Wildman–Crippen MR) is 154 cm³/mol. The summed E-state index contributed by atoms with van der Waals surface area (Å²) in [5, 5.41) is 75.7. The molecule has 2 saturated carbocycles. The topological polar surface area (TPSA) is 246 Å². The van der Waals surface area contributed by atoms with Crippen molar-refractivity contribution in [3.63, 3.8) is 0 Å². The molecule has 15 nitrogen and oxygen atoms in total. The van der Waals surface area contributed by atoms with Crippen LogP contribution in [-0.4, -0.2) is 120 Å². The van der Waals surface area contributed by atoms with E-state index in [9.17, 15) is 50.1 Å². The molecule has 4 heterocycles. The van der Waals surface area contributed by atoms with Crippen molar-refractivity contribution in [2.75, 3.05) is 6.61 Å². The van der Waals surface area contributed by atoms with E-state index in [1.54, 1.807) is 46.8 Å². The lowest BCUT2D eigenvalue weighted by Gasteiger charge is -2.67. The number of ether oxygens (including phenoxy) is 4. The molecule has 5 fully saturated rings. The zero-order valence-electron chi connectivity index (χ0n) is 26.8. The Bertz CT molecular complexity index is 1410. The Hall–Kier alpha value is -2.47. The van der Waals surface area contributed by atoms with Gasteiger partial charge in [0.15, 0.2) is 18.2 Å². The van der Waals surface area contributed by atoms with Gasteiger partial charge >= 0.3 is 11.9 Å². The number of carbonyl (C=O) groups is 3. The summed E-state index contributed by atoms with van der Waals surface area (Å²) in [6, 6.07) is 3.09. The van der Waals surface area contributed by atoms with Gasteiger partial charge in [-0.25, -0.2) is 4.79 Å². The highest BCUT2D eigenvalue weighted by Crippen LogP contribution is 2.77. The van der Waals surface area contributed by atoms with Crippen LogP contribution in [-0.2, 0) is 33.3 Å². The summed E-state index contributed by atoms with van der Waals surface area (Å²) in [5.74, 6) is -4.64. The Morgan fingerprint density at radius 2 is 1.72 bits per heavy atom. The van der Waals surface area contributed by atoms with Crippen LogP contribution in [0.3, 0.4) is 0 Å². The fourth-order valence-corrected chi connectivity index (χ4v) is 10.2. The number of rotatable bonds is 6. The Morgan fingerprint density at radius 1 is 1.04 bits per heavy atom. The van der Waals surface area contributed by atoms with Crippen LogP contribution < -0.4 is 0 Å². The lowest BCUT2D eigenvalue weighted by Crippen LogP contribution is -2.75. The van der Waals surface area contributed by atoms with Crippen LogP contribution in [0.1, 0.15) is 65.7 Å². The number of carbonyl (C=O) groups excluding carboxylic acids is 2. The maximum atomic E-state index is 14.4. The first-order valence-corrected chi connectivity index (χ1v) is 15.9. The summed E-state index contributed by atoms with van der Waals surface area (Å²) < 4.78 is 29.6. The fourth-order valence-electron chi connectivity index (χ4n) is 10.2. The number of aliphatic hydroxyl groups is 6. The SMILES string of the molecule is CC1(C)OC(=O)C[C@@H](O)[C@]2(C)[C@H]3CC[C@@](C)([C@@H](O[C@@H]4O[C@H](CO)[C@@H](O)[C@H](O)[C@H]4O)c4ccco4)[C@@]4(O[C@H]4C(=O)O)[C@]3(C)[C@@H](O)C(=O)[C@@H]12. The quantitative estimate of drug-likeness (QED) is 0.148. The summed E-state index contributed by atoms with van der Waals surface area (Å²) >= 11 is 0. The van der Waals surface area contributed by atoms with Crippen LogP contribution in [0.5, 0.6) is 0 Å². The molecule has 47 heavy (non-hydrogen) atoms. The van der Waals surface area contributed by atoms with Gasteiger partial charge in [-0.3, -0.25) is 9.59 Å². The van der Waals surface area contributed by atoms with Gasteiger partial charge in [-0.15, -0.1) is 0 Å². The van der Waals surface area contributed by atoms with E-state index in [0.29, 0.717) is 0 Å². The van der Waals surface area contributed by atoms with Gasteiger partial charge in [-0.1, -0.05) is 20.8 Å². The predicted octanol–water partition coefficient (Wildman–Crippen LogP) is -0.565. The number of esters is 1. The zero-order chi connectivity index (χ0) is 34.6. The number of hydrogen-bond donors (Lipinski definition) is 7. The van der Waals surface area contributed by atoms with Gasteiger partial charge in [0, 0.05) is 16.2 Å². The van der Waals surface area contributed by atoms with E-state index in [0.717, 1.165) is 0 Å². The number of ketones is 1. The fraction of sp³-hybridized carbons (Fsp3) is 0.781. The Morgan fingerprint density at radius 3 is 2.30 bits per heavy atom. The summed E-state index contributed by atoms with van der Waals surface area (Å²) in [7, 11) is 0. The van der Waals surface area contributed by atoms with Gasteiger partial charge < -0.3 is 59.1 Å². The third-order valence-electron chi connectivity index (χ3n) is 12.3. The van der Waals surface area contributed by atoms with Crippen molar-refractivity contribution in [1.82, 2.24) is 0 Å². The van der Waals surface area contributed by atoms with E-state index in [4.69, 9.17) is 23.4 Å². The number of furan rings is 1. The van der Waals surface area contributed by atoms with Crippen LogP contribution in [0.25, 0.3) is 0 Å². The highest BCUT2D eigenvalue weighted by Gasteiger charge is 2.87. The van der Waals surface area contributed by atoms with Gasteiger partial charge in [0.25, 0.3) is 0 Å². The van der Waals surface area contributed by atoms with Crippen molar-refractivity contribution < 1.29 is 73.5 Å². The number of carboxylic acid groups (broad SMARTS) is 1. The van der Waals surface area contributed by atoms with Crippen LogP contribution in [0.15, 0.2) is 22.8 Å². The van der Waals surface area contributed by atoms with E-state index in [1.807, 2.05) is 0 Å². The van der Waals surface area contributed by atoms with Crippen molar-refractivity contribution >= 4 is 17.7 Å². The second-order valence-corrected chi connectivity index (χ2v) is 15.0. The normalized spacial score (nSPS) is 49.8. The molecule has 15 atom stereocenters. The average molecular weight is 669 g/mol. The summed E-state index contributed by atoms with van der Waals surface area (Å²) in [6.45, 7) is 7.26. The molecule has 3 saturated heterocycles. The number of carboxylic acids is 1. The van der Waals surface area contributed by atoms with Crippen LogP contribution in [0, 0.1) is 28.1 Å². The standard InChI is InChI=1S/C32H44O15/c1-28(2)22-21(39)23(40)31(5)15(30(22,4)16(34)11-17(35)46-28)8-9-29(3,32(31)25(47-32)26(41)42)24(13-7-6-10-43-13)45-27-20(38)19(37)18(36)14(12-33)44-27/h6-7,10,14-16,18-20,22-25,27,33-34,36-38,40H,8-9,11-12H2,1-5H3,(H,41,42)/t14-,15-,16-,18-,19+,20-,22+,23+,24+,25+,27+,29+,30+,31+,32-/m1/s1. The van der Waals surface area contributed by atoms with Crippen molar-refractivity contribution in [2.45, 2.75) is 120 Å². The van der Waals surface area contributed by atoms with Crippen LogP contribution >= 0.6 is 0 Å². The molecular weight excluding hydrogens is 624 g/mol. The number of aliphatic carboxylic acids is 1. The van der Waals surface area contributed by atoms with Crippen molar-refractivity contribution in [3.05, 3.63) is 24.2 Å². The highest BCUT2D eigenvalue weighted by atomic mass is 16.7. The minimum atomic E-state index is -1.87. The first-order chi connectivity index (χ1) is 21.8. The number of Topliss-reactive ketones (excluding diaryl/α,β-unsaturated/α-hetero) is 1. The summed E-state index contributed by atoms with van der Waals surface area (Å²) in [4.78, 5) is 40.0. The van der Waals surface area contributed by atoms with E-state index in [1.165, 1.54) is 6.26 Å². The lowest BCUT2D eigenvalue weighted by molar-refractivity contribution is -0.333. The third kappa shape index (κ3) is 4.41. The molecule has 7 N–H and O–H groups in total. The molecule has 3 aliphatic heterocycles. The molecular formula is C32H44O15. The van der Waals surface area contributed by atoms with Crippen molar-refractivity contribution in [2.24, 2.45) is 28.1 Å². The van der Waals surface area contributed by atoms with E-state index in [2.05, 4.69) is 0 Å². The minimum Gasteiger partial charge on any atom is -0.479 e. The molecule has 1 spiro atoms. The first kappa shape index (κ1) is 34.4. The number of fused-ring (bicyclic) bond motifs is 4.